The van der Waals surface area contributed by atoms with Crippen LogP contribution >= 0.6 is 0 Å². The number of hydrogen-bond acceptors (Lipinski definition) is 4. The van der Waals surface area contributed by atoms with Gasteiger partial charge in [0.1, 0.15) is 6.04 Å². The topological polar surface area (TPSA) is 60.9 Å². The minimum atomic E-state index is -0.679. The summed E-state index contributed by atoms with van der Waals surface area (Å²) in [5.41, 5.74) is 1.87. The molecule has 6 nitrogen and oxygen atoms in total. The van der Waals surface area contributed by atoms with Gasteiger partial charge in [-0.3, -0.25) is 19.3 Å². The van der Waals surface area contributed by atoms with Crippen molar-refractivity contribution in [3.8, 4) is 0 Å². The molecule has 1 unspecified atom stereocenters. The van der Waals surface area contributed by atoms with Crippen LogP contribution in [0.1, 0.15) is 37.7 Å². The zero-order valence-electron chi connectivity index (χ0n) is 18.2. The molecular weight excluding hydrogens is 402 g/mol. The number of nitrogens with zero attached hydrogens (tertiary/aromatic N) is 3. The molecule has 32 heavy (non-hydrogen) atoms. The predicted molar refractivity (Wildman–Crippen MR) is 122 cm³/mol. The van der Waals surface area contributed by atoms with Crippen molar-refractivity contribution in [3.05, 3.63) is 66.2 Å². The molecule has 0 radical (unpaired) electrons. The van der Waals surface area contributed by atoms with Crippen LogP contribution < -0.4 is 4.90 Å². The van der Waals surface area contributed by atoms with E-state index >= 15 is 0 Å². The van der Waals surface area contributed by atoms with Gasteiger partial charge in [0, 0.05) is 31.6 Å². The summed E-state index contributed by atoms with van der Waals surface area (Å²) in [5.74, 6) is -0.401. The number of benzene rings is 2. The zero-order valence-corrected chi connectivity index (χ0v) is 18.2. The summed E-state index contributed by atoms with van der Waals surface area (Å²) < 4.78 is 0. The molecule has 1 atom stereocenters. The largest absolute Gasteiger partial charge is 0.327 e. The number of carbonyl (C=O) groups excluding carboxylic acids is 3. The lowest BCUT2D eigenvalue weighted by Crippen LogP contribution is -2.54. The van der Waals surface area contributed by atoms with Gasteiger partial charge < -0.3 is 4.90 Å². The fraction of sp³-hybridized carbons (Fsp3) is 0.423. The highest BCUT2D eigenvalue weighted by Crippen LogP contribution is 2.36. The Morgan fingerprint density at radius 3 is 2.12 bits per heavy atom. The molecule has 1 saturated carbocycles. The number of para-hydroxylation sites is 1. The lowest BCUT2D eigenvalue weighted by atomic mass is 9.99. The molecule has 0 N–H and O–H groups in total. The summed E-state index contributed by atoms with van der Waals surface area (Å²) >= 11 is 0. The third-order valence-electron chi connectivity index (χ3n) is 6.85. The van der Waals surface area contributed by atoms with Gasteiger partial charge in [0.2, 0.25) is 11.8 Å². The number of anilines is 1. The Balaban J connectivity index is 1.31. The van der Waals surface area contributed by atoms with E-state index in [-0.39, 0.29) is 36.1 Å². The molecule has 0 aromatic heterocycles. The van der Waals surface area contributed by atoms with Gasteiger partial charge in [0.05, 0.1) is 12.1 Å². The first-order chi connectivity index (χ1) is 15.6. The number of likely N-dealkylation sites (tertiary alicyclic amines) is 1. The average Bonchev–Trinajstić information content (AvgIpc) is 3.62. The first-order valence-corrected chi connectivity index (χ1v) is 11.6. The monoisotopic (exact) mass is 431 g/mol. The van der Waals surface area contributed by atoms with Crippen molar-refractivity contribution >= 4 is 23.4 Å². The Labute approximate surface area is 188 Å². The molecule has 2 aromatic carbocycles. The van der Waals surface area contributed by atoms with Gasteiger partial charge in [-0.2, -0.15) is 0 Å². The summed E-state index contributed by atoms with van der Waals surface area (Å²) in [6.45, 7) is 2.66. The third-order valence-corrected chi connectivity index (χ3v) is 6.85. The van der Waals surface area contributed by atoms with Crippen molar-refractivity contribution in [2.75, 3.05) is 18.0 Å². The highest BCUT2D eigenvalue weighted by molar-refractivity contribution is 6.23. The van der Waals surface area contributed by atoms with Crippen LogP contribution in [0.25, 0.3) is 0 Å². The van der Waals surface area contributed by atoms with E-state index in [0.717, 1.165) is 45.3 Å². The molecule has 3 fully saturated rings. The van der Waals surface area contributed by atoms with Gasteiger partial charge in [-0.25, -0.2) is 4.90 Å². The molecule has 3 amide bonds. The van der Waals surface area contributed by atoms with Gasteiger partial charge in [-0.1, -0.05) is 48.5 Å². The summed E-state index contributed by atoms with van der Waals surface area (Å²) in [6.07, 6.45) is 3.51. The molecule has 2 heterocycles. The molecular formula is C26H29N3O3. The number of carbonyl (C=O) groups is 3. The Bertz CT molecular complexity index is 982. The second-order valence-corrected chi connectivity index (χ2v) is 9.14. The molecule has 166 valence electrons. The van der Waals surface area contributed by atoms with E-state index in [9.17, 15) is 14.4 Å². The molecule has 1 aliphatic carbocycles. The van der Waals surface area contributed by atoms with Crippen LogP contribution in [0.2, 0.25) is 0 Å². The van der Waals surface area contributed by atoms with Crippen molar-refractivity contribution < 1.29 is 14.4 Å². The summed E-state index contributed by atoms with van der Waals surface area (Å²) in [7, 11) is 0. The van der Waals surface area contributed by atoms with Crippen molar-refractivity contribution in [2.45, 2.75) is 50.7 Å². The SMILES string of the molecule is O=C1CC(N(C(=O)C2CC2)C2CCN(Cc3ccccc3)CC2)C(=O)N1c1ccccc1. The van der Waals surface area contributed by atoms with Gasteiger partial charge >= 0.3 is 0 Å². The van der Waals surface area contributed by atoms with Crippen LogP contribution in [0.5, 0.6) is 0 Å². The minimum absolute atomic E-state index is 0.00703. The van der Waals surface area contributed by atoms with E-state index in [0.29, 0.717) is 5.69 Å². The Kier molecular flexibility index (Phi) is 5.79. The molecule has 2 saturated heterocycles. The highest BCUT2D eigenvalue weighted by Gasteiger charge is 2.49. The van der Waals surface area contributed by atoms with E-state index in [2.05, 4.69) is 29.2 Å². The first-order valence-electron chi connectivity index (χ1n) is 11.6. The van der Waals surface area contributed by atoms with Crippen LogP contribution in [0.3, 0.4) is 0 Å². The fourth-order valence-corrected chi connectivity index (χ4v) is 5.01. The van der Waals surface area contributed by atoms with Gasteiger partial charge in [0.15, 0.2) is 0 Å². The average molecular weight is 432 g/mol. The van der Waals surface area contributed by atoms with E-state index in [4.69, 9.17) is 0 Å². The second kappa shape index (κ2) is 8.87. The zero-order chi connectivity index (χ0) is 22.1. The maximum absolute atomic E-state index is 13.4. The van der Waals surface area contributed by atoms with Crippen molar-refractivity contribution in [1.29, 1.82) is 0 Å². The maximum Gasteiger partial charge on any atom is 0.257 e. The van der Waals surface area contributed by atoms with E-state index in [1.807, 2.05) is 24.3 Å². The first kappa shape index (κ1) is 20.9. The van der Waals surface area contributed by atoms with Crippen LogP contribution in [0.15, 0.2) is 60.7 Å². The number of piperidine rings is 1. The lowest BCUT2D eigenvalue weighted by Gasteiger charge is -2.41. The quantitative estimate of drug-likeness (QED) is 0.659. The van der Waals surface area contributed by atoms with Gasteiger partial charge in [-0.05, 0) is 43.4 Å². The van der Waals surface area contributed by atoms with Crippen molar-refractivity contribution in [3.63, 3.8) is 0 Å². The van der Waals surface area contributed by atoms with Gasteiger partial charge in [0.25, 0.3) is 5.91 Å². The second-order valence-electron chi connectivity index (χ2n) is 9.14. The Hall–Kier alpha value is -2.99. The molecule has 2 aromatic rings. The van der Waals surface area contributed by atoms with Crippen LogP contribution in [-0.4, -0.2) is 52.7 Å². The number of amides is 3. The van der Waals surface area contributed by atoms with Crippen LogP contribution in [-0.2, 0) is 20.9 Å². The number of rotatable bonds is 6. The summed E-state index contributed by atoms with van der Waals surface area (Å²) in [6, 6.07) is 18.8. The molecule has 0 spiro atoms. The number of imide groups is 1. The highest BCUT2D eigenvalue weighted by atomic mass is 16.2. The normalized spacial score (nSPS) is 22.4. The smallest absolute Gasteiger partial charge is 0.257 e. The molecule has 3 aliphatic rings. The Morgan fingerprint density at radius 2 is 1.50 bits per heavy atom. The summed E-state index contributed by atoms with van der Waals surface area (Å²) in [5, 5.41) is 0. The predicted octanol–water partition coefficient (Wildman–Crippen LogP) is 3.22. The maximum atomic E-state index is 13.4. The van der Waals surface area contributed by atoms with Crippen molar-refractivity contribution in [2.24, 2.45) is 5.92 Å². The Morgan fingerprint density at radius 1 is 0.875 bits per heavy atom. The molecule has 0 bridgehead atoms. The summed E-state index contributed by atoms with van der Waals surface area (Å²) in [4.78, 5) is 44.9. The van der Waals surface area contributed by atoms with Crippen LogP contribution in [0.4, 0.5) is 5.69 Å². The lowest BCUT2D eigenvalue weighted by molar-refractivity contribution is -0.143. The third kappa shape index (κ3) is 4.19. The van der Waals surface area contributed by atoms with E-state index in [1.165, 1.54) is 10.5 Å². The number of hydrogen-bond donors (Lipinski definition) is 0. The fourth-order valence-electron chi connectivity index (χ4n) is 5.01. The van der Waals surface area contributed by atoms with Crippen molar-refractivity contribution in [1.82, 2.24) is 9.80 Å². The van der Waals surface area contributed by atoms with E-state index in [1.54, 1.807) is 17.0 Å². The van der Waals surface area contributed by atoms with Gasteiger partial charge in [-0.15, -0.1) is 0 Å². The molecule has 5 rings (SSSR count). The molecule has 6 heteroatoms. The minimum Gasteiger partial charge on any atom is -0.327 e. The van der Waals surface area contributed by atoms with Crippen LogP contribution in [0, 0.1) is 5.92 Å². The molecule has 2 aliphatic heterocycles. The standard InChI is InChI=1S/C26H29N3O3/c30-24-17-23(26(32)29(24)21-9-5-2-6-10-21)28(25(31)20-11-12-20)22-13-15-27(16-14-22)18-19-7-3-1-4-8-19/h1-10,20,22-23H,11-18H2. The van der Waals surface area contributed by atoms with E-state index < -0.39 is 6.04 Å².